The van der Waals surface area contributed by atoms with E-state index < -0.39 is 16.9 Å². The summed E-state index contributed by atoms with van der Waals surface area (Å²) in [5.74, 6) is -0.204. The third-order valence-electron chi connectivity index (χ3n) is 3.61. The van der Waals surface area contributed by atoms with Crippen molar-refractivity contribution in [1.82, 2.24) is 10.3 Å². The van der Waals surface area contributed by atoms with Crippen LogP contribution in [0.25, 0.3) is 0 Å². The fourth-order valence-electron chi connectivity index (χ4n) is 2.45. The second kappa shape index (κ2) is 6.49. The van der Waals surface area contributed by atoms with Crippen LogP contribution in [0, 0.1) is 10.1 Å². The Morgan fingerprint density at radius 2 is 2.19 bits per heavy atom. The summed E-state index contributed by atoms with van der Waals surface area (Å²) in [7, 11) is 1.58. The van der Waals surface area contributed by atoms with E-state index >= 15 is 0 Å². The molecule has 1 aromatic rings. The Balaban J connectivity index is 2.20. The second-order valence-electron chi connectivity index (χ2n) is 5.03. The van der Waals surface area contributed by atoms with Crippen LogP contribution in [-0.2, 0) is 0 Å². The minimum atomic E-state index is -0.599. The highest BCUT2D eigenvalue weighted by Crippen LogP contribution is 2.21. The van der Waals surface area contributed by atoms with Gasteiger partial charge in [-0.15, -0.1) is 0 Å². The highest BCUT2D eigenvalue weighted by molar-refractivity contribution is 5.99. The molecule has 0 aliphatic heterocycles. The minimum Gasteiger partial charge on any atom is -0.391 e. The first kappa shape index (κ1) is 15.2. The number of aromatic nitrogens is 1. The van der Waals surface area contributed by atoms with Gasteiger partial charge in [-0.25, -0.2) is 4.98 Å². The zero-order chi connectivity index (χ0) is 15.4. The number of hydrogen-bond acceptors (Lipinski definition) is 6. The highest BCUT2D eigenvalue weighted by Gasteiger charge is 2.26. The molecule has 0 radical (unpaired) electrons. The highest BCUT2D eigenvalue weighted by atomic mass is 16.6. The molecule has 8 nitrogen and oxygen atoms in total. The molecule has 1 aromatic heterocycles. The lowest BCUT2D eigenvalue weighted by Gasteiger charge is -2.28. The van der Waals surface area contributed by atoms with Gasteiger partial charge in [0.1, 0.15) is 12.0 Å². The molecule has 1 fully saturated rings. The number of carbonyl (C=O) groups is 1. The Morgan fingerprint density at radius 3 is 2.81 bits per heavy atom. The lowest BCUT2D eigenvalue weighted by Crippen LogP contribution is -2.45. The lowest BCUT2D eigenvalue weighted by atomic mass is 9.92. The Hall–Kier alpha value is -2.22. The Bertz CT molecular complexity index is 549. The third kappa shape index (κ3) is 3.46. The van der Waals surface area contributed by atoms with Gasteiger partial charge in [0, 0.05) is 13.1 Å². The first-order valence-electron chi connectivity index (χ1n) is 6.84. The third-order valence-corrected chi connectivity index (χ3v) is 3.61. The van der Waals surface area contributed by atoms with E-state index in [0.717, 1.165) is 19.0 Å². The van der Waals surface area contributed by atoms with E-state index in [2.05, 4.69) is 15.6 Å². The molecule has 1 heterocycles. The minimum absolute atomic E-state index is 0.101. The zero-order valence-electron chi connectivity index (χ0n) is 11.7. The number of nitrogens with one attached hydrogen (secondary N) is 2. The van der Waals surface area contributed by atoms with Crippen molar-refractivity contribution in [2.45, 2.75) is 37.8 Å². The molecule has 1 amide bonds. The van der Waals surface area contributed by atoms with Crippen molar-refractivity contribution in [2.75, 3.05) is 12.4 Å². The second-order valence-corrected chi connectivity index (χ2v) is 5.03. The molecule has 0 bridgehead atoms. The maximum atomic E-state index is 12.3. The van der Waals surface area contributed by atoms with Crippen LogP contribution in [0.1, 0.15) is 36.0 Å². The number of nitro groups is 1. The molecule has 0 spiro atoms. The molecular formula is C13H18N4O4. The molecule has 0 saturated heterocycles. The van der Waals surface area contributed by atoms with Crippen LogP contribution in [0.5, 0.6) is 0 Å². The lowest BCUT2D eigenvalue weighted by molar-refractivity contribution is -0.385. The molecule has 1 saturated carbocycles. The number of aliphatic hydroxyl groups excluding tert-OH is 1. The smallest absolute Gasteiger partial charge is 0.288 e. The van der Waals surface area contributed by atoms with E-state index in [1.165, 1.54) is 6.07 Å². The first-order chi connectivity index (χ1) is 10.0. The average Bonchev–Trinajstić information content (AvgIpc) is 2.48. The Morgan fingerprint density at radius 1 is 1.48 bits per heavy atom. The molecule has 1 aliphatic rings. The number of amides is 1. The normalized spacial score (nSPS) is 21.6. The predicted molar refractivity (Wildman–Crippen MR) is 76.2 cm³/mol. The van der Waals surface area contributed by atoms with Crippen LogP contribution in [0.4, 0.5) is 11.5 Å². The van der Waals surface area contributed by atoms with Crippen molar-refractivity contribution in [3.8, 4) is 0 Å². The average molecular weight is 294 g/mol. The van der Waals surface area contributed by atoms with Crippen LogP contribution >= 0.6 is 0 Å². The largest absolute Gasteiger partial charge is 0.391 e. The fraction of sp³-hybridized carbons (Fsp3) is 0.538. The van der Waals surface area contributed by atoms with E-state index in [0.29, 0.717) is 12.8 Å². The number of aliphatic hydroxyl groups is 1. The quantitative estimate of drug-likeness (QED) is 0.564. The van der Waals surface area contributed by atoms with E-state index in [4.69, 9.17) is 0 Å². The molecule has 0 aromatic carbocycles. The number of rotatable bonds is 4. The van der Waals surface area contributed by atoms with E-state index in [1.807, 2.05) is 0 Å². The summed E-state index contributed by atoms with van der Waals surface area (Å²) < 4.78 is 0. The standard InChI is InChI=1S/C13H18N4O4/c1-14-12-9(6-8(7-15-12)17(20)21)13(19)16-10-4-2-3-5-11(10)18/h6-7,10-11,18H,2-5H2,1H3,(H,14,15)(H,16,19). The van der Waals surface area contributed by atoms with Crippen molar-refractivity contribution in [2.24, 2.45) is 0 Å². The van der Waals surface area contributed by atoms with Gasteiger partial charge in [-0.2, -0.15) is 0 Å². The monoisotopic (exact) mass is 294 g/mol. The van der Waals surface area contributed by atoms with Gasteiger partial charge in [0.25, 0.3) is 11.6 Å². The maximum Gasteiger partial charge on any atom is 0.288 e. The number of anilines is 1. The fourth-order valence-corrected chi connectivity index (χ4v) is 2.45. The molecule has 8 heteroatoms. The SMILES string of the molecule is CNc1ncc([N+](=O)[O-])cc1C(=O)NC1CCCCC1O. The molecule has 114 valence electrons. The summed E-state index contributed by atoms with van der Waals surface area (Å²) in [6.45, 7) is 0. The number of hydrogen-bond donors (Lipinski definition) is 3. The zero-order valence-corrected chi connectivity index (χ0v) is 11.7. The molecule has 21 heavy (non-hydrogen) atoms. The van der Waals surface area contributed by atoms with Crippen LogP contribution < -0.4 is 10.6 Å². The summed E-state index contributed by atoms with van der Waals surface area (Å²) in [5, 5.41) is 26.1. The van der Waals surface area contributed by atoms with Crippen molar-refractivity contribution < 1.29 is 14.8 Å². The Labute approximate surface area is 121 Å². The van der Waals surface area contributed by atoms with Crippen LogP contribution in [0.3, 0.4) is 0 Å². The van der Waals surface area contributed by atoms with Gasteiger partial charge in [0.2, 0.25) is 0 Å². The van der Waals surface area contributed by atoms with Gasteiger partial charge in [-0.05, 0) is 12.8 Å². The van der Waals surface area contributed by atoms with Crippen molar-refractivity contribution in [3.63, 3.8) is 0 Å². The number of nitrogens with zero attached hydrogens (tertiary/aromatic N) is 2. The van der Waals surface area contributed by atoms with Gasteiger partial charge in [0.15, 0.2) is 0 Å². The molecule has 3 N–H and O–H groups in total. The van der Waals surface area contributed by atoms with Crippen molar-refractivity contribution >= 4 is 17.4 Å². The van der Waals surface area contributed by atoms with E-state index in [-0.39, 0.29) is 23.1 Å². The van der Waals surface area contributed by atoms with Crippen LogP contribution in [0.15, 0.2) is 12.3 Å². The molecule has 1 aliphatic carbocycles. The molecule has 2 atom stereocenters. The van der Waals surface area contributed by atoms with Gasteiger partial charge in [-0.1, -0.05) is 12.8 Å². The number of pyridine rings is 1. The molecule has 2 rings (SSSR count). The van der Waals surface area contributed by atoms with Crippen LogP contribution in [0.2, 0.25) is 0 Å². The van der Waals surface area contributed by atoms with Gasteiger partial charge >= 0.3 is 0 Å². The summed E-state index contributed by atoms with van der Waals surface area (Å²) in [4.78, 5) is 26.4. The number of carbonyl (C=O) groups excluding carboxylic acids is 1. The summed E-state index contributed by atoms with van der Waals surface area (Å²) in [6.07, 6.45) is 3.74. The first-order valence-corrected chi connectivity index (χ1v) is 6.84. The summed E-state index contributed by atoms with van der Waals surface area (Å²) in [6, 6.07) is 0.860. The van der Waals surface area contributed by atoms with E-state index in [1.54, 1.807) is 7.05 Å². The van der Waals surface area contributed by atoms with Crippen LogP contribution in [-0.4, -0.2) is 40.1 Å². The Kier molecular flexibility index (Phi) is 4.69. The molecular weight excluding hydrogens is 276 g/mol. The summed E-state index contributed by atoms with van der Waals surface area (Å²) in [5.41, 5.74) is -0.146. The topological polar surface area (TPSA) is 117 Å². The van der Waals surface area contributed by atoms with Gasteiger partial charge in [-0.3, -0.25) is 14.9 Å². The predicted octanol–water partition coefficient (Wildman–Crippen LogP) is 1.06. The van der Waals surface area contributed by atoms with E-state index in [9.17, 15) is 20.0 Å². The van der Waals surface area contributed by atoms with Gasteiger partial charge < -0.3 is 15.7 Å². The van der Waals surface area contributed by atoms with Crippen molar-refractivity contribution in [3.05, 3.63) is 27.9 Å². The van der Waals surface area contributed by atoms with Crippen molar-refractivity contribution in [1.29, 1.82) is 0 Å². The maximum absolute atomic E-state index is 12.3. The van der Waals surface area contributed by atoms with Gasteiger partial charge in [0.05, 0.1) is 22.6 Å². The molecule has 2 unspecified atom stereocenters. The summed E-state index contributed by atoms with van der Waals surface area (Å²) >= 11 is 0.